The maximum Gasteiger partial charge on any atom is 0.271 e. The number of carbonyl (C=O) groups is 1. The molecular formula is C12H15N5O2. The van der Waals surface area contributed by atoms with E-state index in [0.717, 1.165) is 19.4 Å². The molecule has 7 heteroatoms. The minimum absolute atomic E-state index is 0.0292. The molecule has 2 aromatic heterocycles. The third kappa shape index (κ3) is 2.35. The molecule has 0 spiro atoms. The van der Waals surface area contributed by atoms with Crippen molar-refractivity contribution in [2.75, 3.05) is 13.1 Å². The summed E-state index contributed by atoms with van der Waals surface area (Å²) in [5.41, 5.74) is 0.516. The third-order valence-corrected chi connectivity index (χ3v) is 3.33. The summed E-state index contributed by atoms with van der Waals surface area (Å²) in [6.45, 7) is 3.16. The second-order valence-corrected chi connectivity index (χ2v) is 4.74. The van der Waals surface area contributed by atoms with Crippen molar-refractivity contribution in [3.8, 4) is 0 Å². The maximum atomic E-state index is 12.2. The molecule has 3 heterocycles. The number of H-pyrrole nitrogens is 1. The van der Waals surface area contributed by atoms with E-state index in [1.165, 1.54) is 0 Å². The van der Waals surface area contributed by atoms with Gasteiger partial charge >= 0.3 is 0 Å². The van der Waals surface area contributed by atoms with Gasteiger partial charge in [-0.25, -0.2) is 0 Å². The van der Waals surface area contributed by atoms with E-state index >= 15 is 0 Å². The van der Waals surface area contributed by atoms with Crippen molar-refractivity contribution in [1.29, 1.82) is 0 Å². The van der Waals surface area contributed by atoms with Gasteiger partial charge in [0.1, 0.15) is 5.69 Å². The van der Waals surface area contributed by atoms with Gasteiger partial charge in [-0.2, -0.15) is 10.1 Å². The van der Waals surface area contributed by atoms with Gasteiger partial charge in [0.15, 0.2) is 5.82 Å². The zero-order valence-electron chi connectivity index (χ0n) is 10.7. The first-order valence-corrected chi connectivity index (χ1v) is 6.33. The Hall–Kier alpha value is -2.18. The number of hydrogen-bond acceptors (Lipinski definition) is 5. The van der Waals surface area contributed by atoms with E-state index in [-0.39, 0.29) is 11.8 Å². The molecule has 0 aromatic carbocycles. The van der Waals surface area contributed by atoms with Crippen LogP contribution in [0.2, 0.25) is 0 Å². The van der Waals surface area contributed by atoms with Crippen molar-refractivity contribution in [1.82, 2.24) is 25.2 Å². The fourth-order valence-electron chi connectivity index (χ4n) is 2.39. The van der Waals surface area contributed by atoms with E-state index in [1.54, 1.807) is 24.1 Å². The number of aromatic amines is 1. The van der Waals surface area contributed by atoms with Crippen LogP contribution >= 0.6 is 0 Å². The van der Waals surface area contributed by atoms with Crippen LogP contribution < -0.4 is 0 Å². The summed E-state index contributed by atoms with van der Waals surface area (Å²) in [4.78, 5) is 18.3. The van der Waals surface area contributed by atoms with Crippen LogP contribution in [0.4, 0.5) is 0 Å². The second kappa shape index (κ2) is 4.83. The monoisotopic (exact) mass is 261 g/mol. The summed E-state index contributed by atoms with van der Waals surface area (Å²) in [6, 6.07) is 1.68. The number of carbonyl (C=O) groups excluding carboxylic acids is 1. The number of aryl methyl sites for hydroxylation is 1. The fraction of sp³-hybridized carbons (Fsp3) is 0.500. The molecule has 0 saturated carbocycles. The van der Waals surface area contributed by atoms with E-state index in [0.29, 0.717) is 24.0 Å². The largest absolute Gasteiger partial charge is 0.339 e. The summed E-state index contributed by atoms with van der Waals surface area (Å²) in [6.07, 6.45) is 3.48. The van der Waals surface area contributed by atoms with Crippen molar-refractivity contribution >= 4 is 5.91 Å². The fourth-order valence-corrected chi connectivity index (χ4v) is 2.39. The minimum atomic E-state index is -0.0292. The molecule has 0 bridgehead atoms. The Balaban J connectivity index is 1.73. The third-order valence-electron chi connectivity index (χ3n) is 3.33. The molecule has 1 atom stereocenters. The Labute approximate surface area is 110 Å². The molecule has 1 amide bonds. The number of nitrogens with zero attached hydrogens (tertiary/aromatic N) is 4. The second-order valence-electron chi connectivity index (χ2n) is 4.74. The lowest BCUT2D eigenvalue weighted by Crippen LogP contribution is -2.39. The molecule has 19 heavy (non-hydrogen) atoms. The lowest BCUT2D eigenvalue weighted by atomic mass is 9.97. The van der Waals surface area contributed by atoms with Gasteiger partial charge in [-0.1, -0.05) is 5.16 Å². The minimum Gasteiger partial charge on any atom is -0.339 e. The quantitative estimate of drug-likeness (QED) is 0.875. The average molecular weight is 261 g/mol. The molecule has 1 N–H and O–H groups in total. The standard InChI is InChI=1S/C12H15N5O2/c1-8-14-11(19-16-8)9-3-2-6-17(7-9)12(18)10-4-5-13-15-10/h4-5,9H,2-3,6-7H2,1H3,(H,13,15)/t9-/m0/s1. The van der Waals surface area contributed by atoms with Gasteiger partial charge in [-0.15, -0.1) is 0 Å². The van der Waals surface area contributed by atoms with Gasteiger partial charge in [0.05, 0.1) is 5.92 Å². The Morgan fingerprint density at radius 1 is 1.58 bits per heavy atom. The van der Waals surface area contributed by atoms with Crippen LogP contribution in [-0.4, -0.2) is 44.2 Å². The van der Waals surface area contributed by atoms with Crippen LogP contribution in [0, 0.1) is 6.92 Å². The Kier molecular flexibility index (Phi) is 3.02. The molecular weight excluding hydrogens is 246 g/mol. The molecule has 0 radical (unpaired) electrons. The lowest BCUT2D eigenvalue weighted by molar-refractivity contribution is 0.0689. The van der Waals surface area contributed by atoms with Crippen LogP contribution in [0.3, 0.4) is 0 Å². The van der Waals surface area contributed by atoms with E-state index in [1.807, 2.05) is 0 Å². The number of aromatic nitrogens is 4. The zero-order valence-corrected chi connectivity index (χ0v) is 10.7. The molecule has 3 rings (SSSR count). The highest BCUT2D eigenvalue weighted by molar-refractivity contribution is 5.92. The zero-order chi connectivity index (χ0) is 13.2. The summed E-state index contributed by atoms with van der Waals surface area (Å²) in [5.74, 6) is 1.35. The lowest BCUT2D eigenvalue weighted by Gasteiger charge is -2.30. The Morgan fingerprint density at radius 2 is 2.47 bits per heavy atom. The van der Waals surface area contributed by atoms with Crippen LogP contribution in [-0.2, 0) is 0 Å². The first-order chi connectivity index (χ1) is 9.24. The molecule has 1 aliphatic heterocycles. The number of nitrogens with one attached hydrogen (secondary N) is 1. The van der Waals surface area contributed by atoms with Gasteiger partial charge in [0, 0.05) is 19.3 Å². The van der Waals surface area contributed by atoms with Gasteiger partial charge in [0.25, 0.3) is 5.91 Å². The van der Waals surface area contributed by atoms with E-state index in [9.17, 15) is 4.79 Å². The average Bonchev–Trinajstić information content (AvgIpc) is 3.09. The van der Waals surface area contributed by atoms with E-state index in [2.05, 4.69) is 20.3 Å². The smallest absolute Gasteiger partial charge is 0.271 e. The van der Waals surface area contributed by atoms with Gasteiger partial charge < -0.3 is 9.42 Å². The summed E-state index contributed by atoms with van der Waals surface area (Å²) in [7, 11) is 0. The normalized spacial score (nSPS) is 19.6. The van der Waals surface area contributed by atoms with Crippen molar-refractivity contribution in [3.05, 3.63) is 29.7 Å². The molecule has 0 aliphatic carbocycles. The molecule has 7 nitrogen and oxygen atoms in total. The summed E-state index contributed by atoms with van der Waals surface area (Å²) in [5, 5.41) is 10.3. The SMILES string of the molecule is Cc1noc([C@H]2CCCN(C(=O)c3ccn[nH]3)C2)n1. The van der Waals surface area contributed by atoms with Crippen LogP contribution in [0.5, 0.6) is 0 Å². The number of likely N-dealkylation sites (tertiary alicyclic amines) is 1. The highest BCUT2D eigenvalue weighted by atomic mass is 16.5. The first kappa shape index (κ1) is 11.9. The molecule has 0 unspecified atom stereocenters. The molecule has 1 aliphatic rings. The molecule has 1 saturated heterocycles. The van der Waals surface area contributed by atoms with Gasteiger partial charge in [-0.05, 0) is 25.8 Å². The highest BCUT2D eigenvalue weighted by Gasteiger charge is 2.29. The number of rotatable bonds is 2. The highest BCUT2D eigenvalue weighted by Crippen LogP contribution is 2.26. The predicted molar refractivity (Wildman–Crippen MR) is 65.5 cm³/mol. The van der Waals surface area contributed by atoms with Crippen molar-refractivity contribution in [2.24, 2.45) is 0 Å². The van der Waals surface area contributed by atoms with Gasteiger partial charge in [0.2, 0.25) is 5.89 Å². The molecule has 2 aromatic rings. The first-order valence-electron chi connectivity index (χ1n) is 6.33. The number of hydrogen-bond donors (Lipinski definition) is 1. The number of piperidine rings is 1. The van der Waals surface area contributed by atoms with E-state index < -0.39 is 0 Å². The van der Waals surface area contributed by atoms with Crippen molar-refractivity contribution in [2.45, 2.75) is 25.7 Å². The summed E-state index contributed by atoms with van der Waals surface area (Å²) >= 11 is 0. The van der Waals surface area contributed by atoms with Crippen LogP contribution in [0.1, 0.15) is 41.0 Å². The molecule has 1 fully saturated rings. The van der Waals surface area contributed by atoms with Crippen molar-refractivity contribution < 1.29 is 9.32 Å². The van der Waals surface area contributed by atoms with Crippen LogP contribution in [0.25, 0.3) is 0 Å². The van der Waals surface area contributed by atoms with Crippen molar-refractivity contribution in [3.63, 3.8) is 0 Å². The van der Waals surface area contributed by atoms with E-state index in [4.69, 9.17) is 4.52 Å². The maximum absolute atomic E-state index is 12.2. The van der Waals surface area contributed by atoms with Crippen LogP contribution in [0.15, 0.2) is 16.8 Å². The Morgan fingerprint density at radius 3 is 3.16 bits per heavy atom. The van der Waals surface area contributed by atoms with Gasteiger partial charge in [-0.3, -0.25) is 9.89 Å². The topological polar surface area (TPSA) is 87.9 Å². The number of amides is 1. The predicted octanol–water partition coefficient (Wildman–Crippen LogP) is 1.12. The molecule has 100 valence electrons. The Bertz CT molecular complexity index is 562. The summed E-state index contributed by atoms with van der Waals surface area (Å²) < 4.78 is 5.20.